The van der Waals surface area contributed by atoms with Crippen LogP contribution in [0, 0.1) is 0 Å². The van der Waals surface area contributed by atoms with Crippen LogP contribution < -0.4 is 18.9 Å². The van der Waals surface area contributed by atoms with Crippen LogP contribution in [0.5, 0.6) is 28.9 Å². The predicted octanol–water partition coefficient (Wildman–Crippen LogP) is 4.59. The summed E-state index contributed by atoms with van der Waals surface area (Å²) in [6.07, 6.45) is 0. The first kappa shape index (κ1) is 20.5. The van der Waals surface area contributed by atoms with E-state index in [1.165, 1.54) is 40.6 Å². The molecule has 2 aromatic carbocycles. The Morgan fingerprint density at radius 3 is 2.14 bits per heavy atom. The highest BCUT2D eigenvalue weighted by Crippen LogP contribution is 2.41. The average molecular weight is 464 g/mol. The van der Waals surface area contributed by atoms with E-state index in [0.29, 0.717) is 38.4 Å². The van der Waals surface area contributed by atoms with Gasteiger partial charge in [-0.15, -0.1) is 10.2 Å². The first-order valence-corrected chi connectivity index (χ1v) is 9.07. The molecule has 1 aromatic heterocycles. The predicted molar refractivity (Wildman–Crippen MR) is 109 cm³/mol. The topological polar surface area (TPSA) is 115 Å². The lowest BCUT2D eigenvalue weighted by Gasteiger charge is -2.12. The van der Waals surface area contributed by atoms with Crippen LogP contribution in [0.3, 0.4) is 0 Å². The number of nitrogens with zero attached hydrogens (tertiary/aromatic N) is 2. The van der Waals surface area contributed by atoms with E-state index in [0.717, 1.165) is 0 Å². The van der Waals surface area contributed by atoms with Gasteiger partial charge in [-0.25, -0.2) is 0 Å². The summed E-state index contributed by atoms with van der Waals surface area (Å²) in [4.78, 5) is 15.3. The Hall–Kier alpha value is -3.27. The van der Waals surface area contributed by atoms with E-state index < -0.39 is 5.91 Å². The van der Waals surface area contributed by atoms with Gasteiger partial charge in [0.2, 0.25) is 11.6 Å². The molecule has 0 atom stereocenters. The van der Waals surface area contributed by atoms with Crippen molar-refractivity contribution in [1.29, 1.82) is 0 Å². The second-order valence-corrected chi connectivity index (χ2v) is 6.63. The van der Waals surface area contributed by atoms with E-state index >= 15 is 0 Å². The highest BCUT2D eigenvalue weighted by atomic mass is 79.9. The van der Waals surface area contributed by atoms with E-state index in [1.54, 1.807) is 12.1 Å². The molecule has 0 saturated heterocycles. The molecule has 0 aliphatic heterocycles. The maximum absolute atomic E-state index is 12.6. The standard InChI is InChI=1S/C19H18BrN3O6/c1-26-13-7-10-12(8-11(13)20)21-19(25)16(10)22-23-18(24)9-5-14(27-2)17(29-4)15(6-9)28-3/h5-8,21,25H,1-4H3. The quantitative estimate of drug-likeness (QED) is 0.516. The van der Waals surface area contributed by atoms with Crippen molar-refractivity contribution in [1.82, 2.24) is 4.98 Å². The van der Waals surface area contributed by atoms with Crippen molar-refractivity contribution in [2.75, 3.05) is 28.4 Å². The number of hydrogen-bond acceptors (Lipinski definition) is 7. The first-order chi connectivity index (χ1) is 13.9. The van der Waals surface area contributed by atoms with Crippen molar-refractivity contribution in [3.63, 3.8) is 0 Å². The van der Waals surface area contributed by atoms with Gasteiger partial charge in [-0.05, 0) is 40.2 Å². The smallest absolute Gasteiger partial charge is 0.295 e. The van der Waals surface area contributed by atoms with Crippen LogP contribution in [0.2, 0.25) is 0 Å². The molecule has 0 unspecified atom stereocenters. The largest absolute Gasteiger partial charge is 0.496 e. The van der Waals surface area contributed by atoms with Crippen molar-refractivity contribution >= 4 is 38.4 Å². The number of ether oxygens (including phenoxy) is 4. The average Bonchev–Trinajstić information content (AvgIpc) is 3.03. The summed E-state index contributed by atoms with van der Waals surface area (Å²) in [6.45, 7) is 0. The maximum atomic E-state index is 12.6. The lowest BCUT2D eigenvalue weighted by Crippen LogP contribution is -2.00. The molecule has 0 fully saturated rings. The number of benzene rings is 2. The van der Waals surface area contributed by atoms with Gasteiger partial charge in [0.25, 0.3) is 5.91 Å². The zero-order valence-electron chi connectivity index (χ0n) is 16.1. The Morgan fingerprint density at radius 2 is 1.59 bits per heavy atom. The summed E-state index contributed by atoms with van der Waals surface area (Å²) in [5.74, 6) is 0.660. The molecule has 1 heterocycles. The zero-order chi connectivity index (χ0) is 21.1. The van der Waals surface area contributed by atoms with Crippen LogP contribution in [0.15, 0.2) is 39.0 Å². The van der Waals surface area contributed by atoms with Crippen molar-refractivity contribution in [3.8, 4) is 28.9 Å². The summed E-state index contributed by atoms with van der Waals surface area (Å²) in [5, 5.41) is 18.4. The number of H-pyrrole nitrogens is 1. The minimum Gasteiger partial charge on any atom is -0.496 e. The summed E-state index contributed by atoms with van der Waals surface area (Å²) in [6, 6.07) is 6.34. The molecule has 2 N–H and O–H groups in total. The Bertz CT molecular complexity index is 1080. The molecule has 0 aliphatic rings. The van der Waals surface area contributed by atoms with Gasteiger partial charge in [0, 0.05) is 5.39 Å². The summed E-state index contributed by atoms with van der Waals surface area (Å²) in [7, 11) is 5.88. The number of aromatic hydroxyl groups is 1. The number of fused-ring (bicyclic) bond motifs is 1. The number of halogens is 1. The third-order valence-electron chi connectivity index (χ3n) is 4.18. The number of rotatable bonds is 6. The van der Waals surface area contributed by atoms with Crippen molar-refractivity contribution < 1.29 is 28.8 Å². The molecular formula is C19H18BrN3O6. The van der Waals surface area contributed by atoms with Gasteiger partial charge in [-0.2, -0.15) is 0 Å². The fraction of sp³-hybridized carbons (Fsp3) is 0.211. The molecule has 29 heavy (non-hydrogen) atoms. The van der Waals surface area contributed by atoms with Gasteiger partial charge in [0.15, 0.2) is 17.2 Å². The second-order valence-electron chi connectivity index (χ2n) is 5.77. The van der Waals surface area contributed by atoms with E-state index in [-0.39, 0.29) is 17.1 Å². The Kier molecular flexibility index (Phi) is 5.92. The molecule has 0 bridgehead atoms. The third kappa shape index (κ3) is 3.83. The number of methoxy groups -OCH3 is 4. The lowest BCUT2D eigenvalue weighted by molar-refractivity contribution is 0.0994. The number of aromatic nitrogens is 1. The van der Waals surface area contributed by atoms with Crippen LogP contribution in [0.4, 0.5) is 5.69 Å². The van der Waals surface area contributed by atoms with E-state index in [9.17, 15) is 9.90 Å². The molecule has 0 spiro atoms. The van der Waals surface area contributed by atoms with Crippen molar-refractivity contribution in [2.45, 2.75) is 0 Å². The molecule has 1 amide bonds. The number of carbonyl (C=O) groups is 1. The third-order valence-corrected chi connectivity index (χ3v) is 4.80. The van der Waals surface area contributed by atoms with E-state index in [1.807, 2.05) is 0 Å². The summed E-state index contributed by atoms with van der Waals surface area (Å²) < 4.78 is 21.7. The Balaban J connectivity index is 2.00. The number of hydrogen-bond donors (Lipinski definition) is 2. The molecular weight excluding hydrogens is 446 g/mol. The normalized spacial score (nSPS) is 11.1. The maximum Gasteiger partial charge on any atom is 0.295 e. The number of azo groups is 1. The molecule has 9 nitrogen and oxygen atoms in total. The molecule has 0 radical (unpaired) electrons. The van der Waals surface area contributed by atoms with Gasteiger partial charge in [0.05, 0.1) is 44.0 Å². The van der Waals surface area contributed by atoms with Crippen LogP contribution in [0.25, 0.3) is 10.9 Å². The SMILES string of the molecule is COc1cc2c(N=NC(=O)c3cc(OC)c(OC)c(OC)c3)c(O)[nH]c2cc1Br. The van der Waals surface area contributed by atoms with Crippen LogP contribution in [-0.4, -0.2) is 44.4 Å². The first-order valence-electron chi connectivity index (χ1n) is 8.27. The molecule has 0 aliphatic carbocycles. The van der Waals surface area contributed by atoms with Gasteiger partial charge >= 0.3 is 0 Å². The van der Waals surface area contributed by atoms with Gasteiger partial charge in [0.1, 0.15) is 5.75 Å². The van der Waals surface area contributed by atoms with Crippen LogP contribution in [0.1, 0.15) is 10.4 Å². The van der Waals surface area contributed by atoms with Crippen LogP contribution in [-0.2, 0) is 0 Å². The molecule has 152 valence electrons. The van der Waals surface area contributed by atoms with Gasteiger partial charge in [-0.3, -0.25) is 4.79 Å². The van der Waals surface area contributed by atoms with Crippen LogP contribution >= 0.6 is 15.9 Å². The fourth-order valence-corrected chi connectivity index (χ4v) is 3.29. The fourth-order valence-electron chi connectivity index (χ4n) is 2.78. The number of carbonyl (C=O) groups excluding carboxylic acids is 1. The molecule has 3 rings (SSSR count). The monoisotopic (exact) mass is 463 g/mol. The summed E-state index contributed by atoms with van der Waals surface area (Å²) in [5.41, 5.74) is 0.902. The Labute approximate surface area is 174 Å². The van der Waals surface area contributed by atoms with Crippen molar-refractivity contribution in [2.24, 2.45) is 10.2 Å². The minimum atomic E-state index is -0.651. The number of aromatic amines is 1. The highest BCUT2D eigenvalue weighted by Gasteiger charge is 2.18. The minimum absolute atomic E-state index is 0.117. The van der Waals surface area contributed by atoms with E-state index in [4.69, 9.17) is 18.9 Å². The van der Waals surface area contributed by atoms with Gasteiger partial charge < -0.3 is 29.0 Å². The van der Waals surface area contributed by atoms with Gasteiger partial charge in [-0.1, -0.05) is 0 Å². The Morgan fingerprint density at radius 1 is 0.966 bits per heavy atom. The van der Waals surface area contributed by atoms with E-state index in [2.05, 4.69) is 31.1 Å². The number of amides is 1. The zero-order valence-corrected chi connectivity index (χ0v) is 17.7. The molecule has 10 heteroatoms. The molecule has 3 aromatic rings. The highest BCUT2D eigenvalue weighted by molar-refractivity contribution is 9.10. The summed E-state index contributed by atoms with van der Waals surface area (Å²) >= 11 is 3.37. The lowest BCUT2D eigenvalue weighted by atomic mass is 10.1. The number of nitrogens with one attached hydrogen (secondary N) is 1. The van der Waals surface area contributed by atoms with Crippen molar-refractivity contribution in [3.05, 3.63) is 34.3 Å². The second kappa shape index (κ2) is 8.39. The molecule has 0 saturated carbocycles.